The van der Waals surface area contributed by atoms with Crippen molar-refractivity contribution in [2.75, 3.05) is 4.90 Å². The number of halogens is 1. The van der Waals surface area contributed by atoms with E-state index in [2.05, 4.69) is 0 Å². The minimum atomic E-state index is -0.620. The SMILES string of the molecule is O=C1c2ccc(Cl)cc2C(=O)N1c1ccc([N+](=O)[O-])cc1CO. The molecule has 1 N–H and O–H groups in total. The molecule has 0 spiro atoms. The maximum Gasteiger partial charge on any atom is 0.269 e. The fourth-order valence-electron chi connectivity index (χ4n) is 2.46. The number of hydrogen-bond donors (Lipinski definition) is 1. The van der Waals surface area contributed by atoms with Crippen molar-refractivity contribution < 1.29 is 19.6 Å². The predicted octanol–water partition coefficient (Wildman–Crippen LogP) is 2.54. The summed E-state index contributed by atoms with van der Waals surface area (Å²) in [6.45, 7) is -0.550. The lowest BCUT2D eigenvalue weighted by Gasteiger charge is -2.17. The molecule has 0 atom stereocenters. The summed E-state index contributed by atoms with van der Waals surface area (Å²) in [4.78, 5) is 36.0. The average Bonchev–Trinajstić information content (AvgIpc) is 2.77. The van der Waals surface area contributed by atoms with Crippen molar-refractivity contribution in [1.29, 1.82) is 0 Å². The van der Waals surface area contributed by atoms with Crippen LogP contribution in [0.3, 0.4) is 0 Å². The number of amides is 2. The molecule has 0 aromatic heterocycles. The molecule has 116 valence electrons. The van der Waals surface area contributed by atoms with Gasteiger partial charge in [-0.1, -0.05) is 11.6 Å². The van der Waals surface area contributed by atoms with Crippen LogP contribution in [0.2, 0.25) is 5.02 Å². The van der Waals surface area contributed by atoms with Crippen molar-refractivity contribution in [2.24, 2.45) is 0 Å². The van der Waals surface area contributed by atoms with Gasteiger partial charge in [-0.3, -0.25) is 19.7 Å². The summed E-state index contributed by atoms with van der Waals surface area (Å²) >= 11 is 5.85. The Morgan fingerprint density at radius 1 is 1.09 bits per heavy atom. The summed E-state index contributed by atoms with van der Waals surface area (Å²) in [5, 5.41) is 20.6. The summed E-state index contributed by atoms with van der Waals surface area (Å²) in [6, 6.07) is 7.91. The smallest absolute Gasteiger partial charge is 0.269 e. The van der Waals surface area contributed by atoms with Gasteiger partial charge in [-0.25, -0.2) is 4.90 Å². The highest BCUT2D eigenvalue weighted by molar-refractivity contribution is 6.36. The van der Waals surface area contributed by atoms with Crippen LogP contribution in [0.4, 0.5) is 11.4 Å². The Balaban J connectivity index is 2.12. The number of imide groups is 1. The van der Waals surface area contributed by atoms with E-state index in [9.17, 15) is 24.8 Å². The lowest BCUT2D eigenvalue weighted by atomic mass is 10.1. The van der Waals surface area contributed by atoms with Gasteiger partial charge in [0.15, 0.2) is 0 Å². The van der Waals surface area contributed by atoms with E-state index in [0.717, 1.165) is 11.0 Å². The number of rotatable bonds is 3. The number of carbonyl (C=O) groups excluding carboxylic acids is 2. The van der Waals surface area contributed by atoms with Gasteiger partial charge in [0.2, 0.25) is 0 Å². The zero-order valence-electron chi connectivity index (χ0n) is 11.5. The number of carbonyl (C=O) groups is 2. The van der Waals surface area contributed by atoms with E-state index in [0.29, 0.717) is 5.02 Å². The normalized spacial score (nSPS) is 13.4. The number of nitro benzene ring substituents is 1. The molecule has 3 rings (SSSR count). The van der Waals surface area contributed by atoms with E-state index in [1.165, 1.54) is 30.3 Å². The van der Waals surface area contributed by atoms with Crippen molar-refractivity contribution in [3.8, 4) is 0 Å². The van der Waals surface area contributed by atoms with Crippen molar-refractivity contribution >= 4 is 34.8 Å². The quantitative estimate of drug-likeness (QED) is 0.529. The maximum atomic E-state index is 12.5. The maximum absolute atomic E-state index is 12.5. The van der Waals surface area contributed by atoms with Crippen molar-refractivity contribution in [3.05, 3.63) is 68.2 Å². The van der Waals surface area contributed by atoms with Crippen molar-refractivity contribution in [3.63, 3.8) is 0 Å². The molecule has 0 saturated carbocycles. The number of hydrogen-bond acceptors (Lipinski definition) is 5. The highest BCUT2D eigenvalue weighted by Gasteiger charge is 2.38. The fraction of sp³-hybridized carbons (Fsp3) is 0.0667. The second kappa shape index (κ2) is 5.45. The first-order valence-corrected chi connectivity index (χ1v) is 6.88. The monoisotopic (exact) mass is 332 g/mol. The van der Waals surface area contributed by atoms with E-state index in [1.54, 1.807) is 0 Å². The third-order valence-electron chi connectivity index (χ3n) is 3.53. The van der Waals surface area contributed by atoms with Gasteiger partial charge < -0.3 is 5.11 Å². The van der Waals surface area contributed by atoms with Crippen LogP contribution in [-0.2, 0) is 6.61 Å². The Morgan fingerprint density at radius 3 is 2.43 bits per heavy atom. The van der Waals surface area contributed by atoms with E-state index in [-0.39, 0.29) is 28.1 Å². The van der Waals surface area contributed by atoms with E-state index in [1.807, 2.05) is 0 Å². The van der Waals surface area contributed by atoms with Crippen LogP contribution >= 0.6 is 11.6 Å². The molecule has 1 aliphatic rings. The Morgan fingerprint density at radius 2 is 1.78 bits per heavy atom. The number of anilines is 1. The Kier molecular flexibility index (Phi) is 3.59. The molecule has 0 aliphatic carbocycles. The standard InChI is InChI=1S/C15H9ClN2O5/c16-9-1-3-11-12(6-9)15(21)17(14(11)20)13-4-2-10(18(22)23)5-8(13)7-19/h1-6,19H,7H2. The number of non-ortho nitro benzene ring substituents is 1. The molecule has 0 fully saturated rings. The molecule has 2 amide bonds. The van der Waals surface area contributed by atoms with Gasteiger partial charge >= 0.3 is 0 Å². The van der Waals surface area contributed by atoms with Gasteiger partial charge in [0.25, 0.3) is 17.5 Å². The first kappa shape index (κ1) is 15.1. The van der Waals surface area contributed by atoms with Gasteiger partial charge in [0.1, 0.15) is 0 Å². The third-order valence-corrected chi connectivity index (χ3v) is 3.77. The lowest BCUT2D eigenvalue weighted by molar-refractivity contribution is -0.384. The molecule has 1 aliphatic heterocycles. The Labute approximate surface area is 134 Å². The highest BCUT2D eigenvalue weighted by Crippen LogP contribution is 2.33. The number of nitrogens with zero attached hydrogens (tertiary/aromatic N) is 2. The van der Waals surface area contributed by atoms with Gasteiger partial charge in [-0.15, -0.1) is 0 Å². The predicted molar refractivity (Wildman–Crippen MR) is 81.6 cm³/mol. The topological polar surface area (TPSA) is 101 Å². The second-order valence-electron chi connectivity index (χ2n) is 4.86. The summed E-state index contributed by atoms with van der Waals surface area (Å²) in [7, 11) is 0. The first-order valence-electron chi connectivity index (χ1n) is 6.50. The summed E-state index contributed by atoms with van der Waals surface area (Å²) < 4.78 is 0. The van der Waals surface area contributed by atoms with Crippen molar-refractivity contribution in [2.45, 2.75) is 6.61 Å². The van der Waals surface area contributed by atoms with Crippen LogP contribution in [-0.4, -0.2) is 21.8 Å². The molecule has 2 aromatic carbocycles. The van der Waals surface area contributed by atoms with Gasteiger partial charge in [-0.05, 0) is 24.3 Å². The van der Waals surface area contributed by atoms with E-state index in [4.69, 9.17) is 11.6 Å². The summed E-state index contributed by atoms with van der Waals surface area (Å²) in [6.07, 6.45) is 0. The van der Waals surface area contributed by atoms with Crippen LogP contribution in [0.5, 0.6) is 0 Å². The lowest BCUT2D eigenvalue weighted by Crippen LogP contribution is -2.30. The van der Waals surface area contributed by atoms with E-state index >= 15 is 0 Å². The number of benzene rings is 2. The minimum absolute atomic E-state index is 0.111. The van der Waals surface area contributed by atoms with Crippen LogP contribution in [0.15, 0.2) is 36.4 Å². The molecule has 2 aromatic rings. The second-order valence-corrected chi connectivity index (χ2v) is 5.30. The van der Waals surface area contributed by atoms with Gasteiger partial charge in [-0.2, -0.15) is 0 Å². The molecule has 0 saturated heterocycles. The zero-order chi connectivity index (χ0) is 16.7. The number of aliphatic hydroxyl groups excluding tert-OH is 1. The molecule has 1 heterocycles. The minimum Gasteiger partial charge on any atom is -0.392 e. The molecule has 7 nitrogen and oxygen atoms in total. The van der Waals surface area contributed by atoms with Crippen molar-refractivity contribution in [1.82, 2.24) is 0 Å². The molecular weight excluding hydrogens is 324 g/mol. The van der Waals surface area contributed by atoms with Gasteiger partial charge in [0.05, 0.1) is 28.3 Å². The van der Waals surface area contributed by atoms with E-state index < -0.39 is 23.3 Å². The third kappa shape index (κ3) is 2.36. The number of aliphatic hydroxyl groups is 1. The van der Waals surface area contributed by atoms with Crippen LogP contribution < -0.4 is 4.90 Å². The molecule has 23 heavy (non-hydrogen) atoms. The van der Waals surface area contributed by atoms with Crippen LogP contribution in [0.25, 0.3) is 0 Å². The average molecular weight is 333 g/mol. The molecule has 0 unspecified atom stereocenters. The largest absolute Gasteiger partial charge is 0.392 e. The van der Waals surface area contributed by atoms with Crippen LogP contribution in [0, 0.1) is 10.1 Å². The number of nitro groups is 1. The highest BCUT2D eigenvalue weighted by atomic mass is 35.5. The Hall–Kier alpha value is -2.77. The zero-order valence-corrected chi connectivity index (χ0v) is 12.3. The Bertz CT molecular complexity index is 865. The molecule has 0 radical (unpaired) electrons. The summed E-state index contributed by atoms with van der Waals surface area (Å²) in [5.74, 6) is -1.15. The molecule has 0 bridgehead atoms. The number of fused-ring (bicyclic) bond motifs is 1. The summed E-state index contributed by atoms with van der Waals surface area (Å²) in [5.41, 5.74) is 0.337. The molecular formula is C15H9ClN2O5. The van der Waals surface area contributed by atoms with Gasteiger partial charge in [0, 0.05) is 22.7 Å². The first-order chi connectivity index (χ1) is 10.9. The van der Waals surface area contributed by atoms with Crippen LogP contribution in [0.1, 0.15) is 26.3 Å². The molecule has 8 heteroatoms. The fourth-order valence-corrected chi connectivity index (χ4v) is 2.63.